The minimum Gasteiger partial charge on any atom is -0.472 e. The monoisotopic (exact) mass is 435 g/mol. The third-order valence-corrected chi connectivity index (χ3v) is 7.33. The van der Waals surface area contributed by atoms with E-state index in [4.69, 9.17) is 18.9 Å². The van der Waals surface area contributed by atoms with Gasteiger partial charge in [-0.2, -0.15) is 4.98 Å². The molecule has 3 saturated carbocycles. The Bertz CT molecular complexity index is 1230. The molecule has 0 atom stereocenters. The van der Waals surface area contributed by atoms with Gasteiger partial charge in [-0.05, 0) is 51.9 Å². The normalized spacial score (nSPS) is 29.0. The first-order chi connectivity index (χ1) is 15.5. The first kappa shape index (κ1) is 18.6. The van der Waals surface area contributed by atoms with Crippen molar-refractivity contribution in [2.45, 2.75) is 74.9 Å². The molecule has 9 heteroatoms. The van der Waals surface area contributed by atoms with Crippen LogP contribution >= 0.6 is 0 Å². The van der Waals surface area contributed by atoms with Gasteiger partial charge in [0.25, 0.3) is 11.8 Å². The Balaban J connectivity index is 1.21. The number of carbonyl (C=O) groups excluding carboxylic acids is 1. The SMILES string of the molecule is CC12CC(c3cn4cc(NC(=O)c5coc(C6CC6)n5)nc(OC5CCC5)c4n3)(CO1)C2. The van der Waals surface area contributed by atoms with Crippen LogP contribution in [0.5, 0.6) is 5.88 Å². The lowest BCUT2D eigenvalue weighted by Crippen LogP contribution is -2.45. The van der Waals surface area contributed by atoms with E-state index in [9.17, 15) is 4.79 Å². The zero-order valence-corrected chi connectivity index (χ0v) is 18.0. The topological polar surface area (TPSA) is 104 Å². The number of oxazole rings is 1. The van der Waals surface area contributed by atoms with Crippen molar-refractivity contribution < 1.29 is 18.7 Å². The Morgan fingerprint density at radius 2 is 2.03 bits per heavy atom. The fraction of sp³-hybridized carbons (Fsp3) is 0.565. The largest absolute Gasteiger partial charge is 0.472 e. The van der Waals surface area contributed by atoms with Crippen molar-refractivity contribution in [3.8, 4) is 5.88 Å². The summed E-state index contributed by atoms with van der Waals surface area (Å²) >= 11 is 0. The Kier molecular flexibility index (Phi) is 3.67. The number of nitrogens with one attached hydrogen (secondary N) is 1. The van der Waals surface area contributed by atoms with E-state index in [0.29, 0.717) is 35.8 Å². The van der Waals surface area contributed by atoms with Gasteiger partial charge in [-0.3, -0.25) is 9.20 Å². The molecule has 3 aromatic heterocycles. The predicted molar refractivity (Wildman–Crippen MR) is 113 cm³/mol. The van der Waals surface area contributed by atoms with Crippen molar-refractivity contribution in [3.63, 3.8) is 0 Å². The van der Waals surface area contributed by atoms with E-state index in [1.807, 2.05) is 10.6 Å². The molecule has 9 nitrogen and oxygen atoms in total. The van der Waals surface area contributed by atoms with Crippen LogP contribution < -0.4 is 10.1 Å². The third-order valence-electron chi connectivity index (χ3n) is 7.33. The molecule has 2 saturated heterocycles. The number of imidazole rings is 1. The second-order valence-electron chi connectivity index (χ2n) is 10.1. The lowest BCUT2D eigenvalue weighted by Gasteiger charge is -2.41. The van der Waals surface area contributed by atoms with Crippen molar-refractivity contribution >= 4 is 17.4 Å². The van der Waals surface area contributed by atoms with Gasteiger partial charge in [-0.1, -0.05) is 0 Å². The highest BCUT2D eigenvalue weighted by Gasteiger charge is 2.61. The van der Waals surface area contributed by atoms with Crippen molar-refractivity contribution in [1.29, 1.82) is 0 Å². The highest BCUT2D eigenvalue weighted by Crippen LogP contribution is 2.58. The van der Waals surface area contributed by atoms with Gasteiger partial charge >= 0.3 is 0 Å². The number of carbonyl (C=O) groups is 1. The average molecular weight is 435 g/mol. The summed E-state index contributed by atoms with van der Waals surface area (Å²) in [6, 6.07) is 0. The molecule has 8 rings (SSSR count). The number of fused-ring (bicyclic) bond motifs is 2. The zero-order valence-electron chi connectivity index (χ0n) is 18.0. The quantitative estimate of drug-likeness (QED) is 0.631. The number of ether oxygens (including phenoxy) is 2. The molecule has 5 aliphatic rings. The van der Waals surface area contributed by atoms with E-state index in [1.165, 1.54) is 6.26 Å². The van der Waals surface area contributed by atoms with Crippen molar-refractivity contribution in [2.75, 3.05) is 11.9 Å². The van der Waals surface area contributed by atoms with Crippen LogP contribution in [0.4, 0.5) is 5.82 Å². The van der Waals surface area contributed by atoms with E-state index in [2.05, 4.69) is 22.2 Å². The molecular weight excluding hydrogens is 410 g/mol. The molecule has 3 aliphatic carbocycles. The number of aromatic nitrogens is 4. The molecule has 32 heavy (non-hydrogen) atoms. The van der Waals surface area contributed by atoms with Gasteiger partial charge in [0, 0.05) is 17.5 Å². The molecule has 1 N–H and O–H groups in total. The molecule has 3 aromatic rings. The van der Waals surface area contributed by atoms with Crippen molar-refractivity contribution in [1.82, 2.24) is 19.4 Å². The summed E-state index contributed by atoms with van der Waals surface area (Å²) in [5.41, 5.74) is 1.89. The van der Waals surface area contributed by atoms with Crippen LogP contribution in [0.1, 0.15) is 79.9 Å². The number of nitrogens with zero attached hydrogens (tertiary/aromatic N) is 4. The summed E-state index contributed by atoms with van der Waals surface area (Å²) in [5, 5.41) is 2.85. The first-order valence-corrected chi connectivity index (χ1v) is 11.5. The zero-order chi connectivity index (χ0) is 21.5. The van der Waals surface area contributed by atoms with E-state index in [-0.39, 0.29) is 28.7 Å². The number of hydrogen-bond acceptors (Lipinski definition) is 7. The van der Waals surface area contributed by atoms with Gasteiger partial charge in [0.05, 0.1) is 24.1 Å². The van der Waals surface area contributed by atoms with Gasteiger partial charge in [0.2, 0.25) is 5.65 Å². The van der Waals surface area contributed by atoms with E-state index in [0.717, 1.165) is 50.6 Å². The van der Waals surface area contributed by atoms with E-state index >= 15 is 0 Å². The average Bonchev–Trinajstić information content (AvgIpc) is 3.07. The fourth-order valence-electron chi connectivity index (χ4n) is 5.25. The van der Waals surface area contributed by atoms with Crippen LogP contribution in [0, 0.1) is 0 Å². The lowest BCUT2D eigenvalue weighted by atomic mass is 9.62. The molecule has 1 amide bonds. The molecule has 0 spiro atoms. The summed E-state index contributed by atoms with van der Waals surface area (Å²) in [7, 11) is 0. The number of rotatable bonds is 6. The minimum absolute atomic E-state index is 0.0185. The molecule has 0 radical (unpaired) electrons. The Morgan fingerprint density at radius 3 is 2.72 bits per heavy atom. The minimum atomic E-state index is -0.347. The van der Waals surface area contributed by atoms with Gasteiger partial charge in [0.1, 0.15) is 12.4 Å². The van der Waals surface area contributed by atoms with Crippen molar-refractivity contribution in [2.24, 2.45) is 0 Å². The van der Waals surface area contributed by atoms with Gasteiger partial charge in [-0.15, -0.1) is 0 Å². The number of hydrogen-bond donors (Lipinski definition) is 1. The van der Waals surface area contributed by atoms with E-state index < -0.39 is 0 Å². The summed E-state index contributed by atoms with van der Waals surface area (Å²) in [6.45, 7) is 2.85. The van der Waals surface area contributed by atoms with E-state index in [1.54, 1.807) is 6.20 Å². The van der Waals surface area contributed by atoms with Crippen LogP contribution in [0.15, 0.2) is 23.1 Å². The maximum Gasteiger partial charge on any atom is 0.278 e. The van der Waals surface area contributed by atoms with Crippen LogP contribution in [-0.4, -0.2) is 43.6 Å². The molecular formula is C23H25N5O4. The molecule has 0 aromatic carbocycles. The molecule has 5 fully saturated rings. The highest BCUT2D eigenvalue weighted by molar-refractivity contribution is 6.02. The second-order valence-corrected chi connectivity index (χ2v) is 10.1. The predicted octanol–water partition coefficient (Wildman–Crippen LogP) is 3.60. The lowest BCUT2D eigenvalue weighted by molar-refractivity contribution is 0.0154. The Morgan fingerprint density at radius 1 is 1.19 bits per heavy atom. The van der Waals surface area contributed by atoms with Gasteiger partial charge in [0.15, 0.2) is 17.4 Å². The van der Waals surface area contributed by atoms with Crippen LogP contribution in [0.3, 0.4) is 0 Å². The van der Waals surface area contributed by atoms with Crippen molar-refractivity contribution in [3.05, 3.63) is 35.9 Å². The number of anilines is 1. The van der Waals surface area contributed by atoms with Crippen LogP contribution in [-0.2, 0) is 10.2 Å². The standard InChI is InChI=1S/C23H25N5O4/c1-22-10-23(11-22,12-31-22)16-7-28-8-17(27-21(18(28)25-16)32-14-3-2-4-14)26-19(29)15-9-30-20(24-15)13-5-6-13/h7-9,13-14H,2-6,10-12H2,1H3,(H,26,29). The van der Waals surface area contributed by atoms with Gasteiger partial charge < -0.3 is 19.2 Å². The van der Waals surface area contributed by atoms with Gasteiger partial charge in [-0.25, -0.2) is 9.97 Å². The summed E-state index contributed by atoms with van der Waals surface area (Å²) < 4.78 is 19.5. The smallest absolute Gasteiger partial charge is 0.278 e. The molecule has 5 heterocycles. The van der Waals surface area contributed by atoms with Crippen LogP contribution in [0.2, 0.25) is 0 Å². The van der Waals surface area contributed by atoms with Crippen LogP contribution in [0.25, 0.3) is 5.65 Å². The summed E-state index contributed by atoms with van der Waals surface area (Å²) in [5.74, 6) is 1.49. The first-order valence-electron chi connectivity index (χ1n) is 11.5. The maximum absolute atomic E-state index is 12.8. The Labute approximate surface area is 184 Å². The third kappa shape index (κ3) is 2.87. The Hall–Kier alpha value is -2.94. The molecule has 2 aliphatic heterocycles. The summed E-state index contributed by atoms with van der Waals surface area (Å²) in [6.07, 6.45) is 12.6. The highest BCUT2D eigenvalue weighted by atomic mass is 16.5. The molecule has 0 unspecified atom stereocenters. The molecule has 2 bridgehead atoms. The summed E-state index contributed by atoms with van der Waals surface area (Å²) in [4.78, 5) is 26.6. The fourth-order valence-corrected chi connectivity index (χ4v) is 5.25. The number of amides is 1. The maximum atomic E-state index is 12.8. The second kappa shape index (κ2) is 6.31. The molecule has 166 valence electrons.